The summed E-state index contributed by atoms with van der Waals surface area (Å²) in [5.41, 5.74) is 0.184. The van der Waals surface area contributed by atoms with Gasteiger partial charge in [0.1, 0.15) is 0 Å². The van der Waals surface area contributed by atoms with E-state index < -0.39 is 0 Å². The average Bonchev–Trinajstić information content (AvgIpc) is 2.79. The van der Waals surface area contributed by atoms with Crippen LogP contribution in [0, 0.1) is 5.41 Å². The molecule has 1 saturated heterocycles. The monoisotopic (exact) mass is 241 g/mol. The zero-order valence-electron chi connectivity index (χ0n) is 11.2. The van der Waals surface area contributed by atoms with E-state index in [2.05, 4.69) is 11.9 Å². The number of nitrogens with zero attached hydrogens (tertiary/aromatic N) is 1. The molecule has 17 heavy (non-hydrogen) atoms. The molecule has 0 bridgehead atoms. The summed E-state index contributed by atoms with van der Waals surface area (Å²) in [7, 11) is 2.17. The summed E-state index contributed by atoms with van der Waals surface area (Å²) < 4.78 is 5.78. The fourth-order valence-electron chi connectivity index (χ4n) is 3.43. The average molecular weight is 241 g/mol. The minimum Gasteiger partial charge on any atom is -0.396 e. The lowest BCUT2D eigenvalue weighted by Crippen LogP contribution is -2.41. The smallest absolute Gasteiger partial charge is 0.0701 e. The molecule has 100 valence electrons. The molecule has 1 heterocycles. The fourth-order valence-corrected chi connectivity index (χ4v) is 3.43. The highest BCUT2D eigenvalue weighted by Gasteiger charge is 2.34. The molecule has 2 rings (SSSR count). The minimum atomic E-state index is 0.184. The molecule has 1 N–H and O–H groups in total. The van der Waals surface area contributed by atoms with Crippen molar-refractivity contribution >= 4 is 0 Å². The first-order chi connectivity index (χ1) is 8.24. The number of ether oxygens (including phenoxy) is 1. The summed E-state index contributed by atoms with van der Waals surface area (Å²) in [4.78, 5) is 2.37. The Bertz CT molecular complexity index is 220. The summed E-state index contributed by atoms with van der Waals surface area (Å²) in [6.45, 7) is 3.34. The summed E-state index contributed by atoms with van der Waals surface area (Å²) in [6, 6.07) is 0. The second kappa shape index (κ2) is 6.17. The highest BCUT2D eigenvalue weighted by molar-refractivity contribution is 4.87. The van der Waals surface area contributed by atoms with Gasteiger partial charge in [0.25, 0.3) is 0 Å². The van der Waals surface area contributed by atoms with Gasteiger partial charge in [0.15, 0.2) is 0 Å². The zero-order valence-corrected chi connectivity index (χ0v) is 11.2. The Morgan fingerprint density at radius 3 is 2.59 bits per heavy atom. The molecule has 1 aliphatic carbocycles. The Kier molecular flexibility index (Phi) is 4.83. The number of rotatable bonds is 5. The van der Waals surface area contributed by atoms with E-state index in [1.165, 1.54) is 44.9 Å². The summed E-state index contributed by atoms with van der Waals surface area (Å²) in [5.74, 6) is 0. The highest BCUT2D eigenvalue weighted by Crippen LogP contribution is 2.38. The van der Waals surface area contributed by atoms with E-state index in [0.29, 0.717) is 12.7 Å². The maximum atomic E-state index is 9.61. The first-order valence-electron chi connectivity index (χ1n) is 7.15. The Morgan fingerprint density at radius 1 is 1.24 bits per heavy atom. The largest absolute Gasteiger partial charge is 0.396 e. The normalized spacial score (nSPS) is 28.8. The van der Waals surface area contributed by atoms with Gasteiger partial charge in [-0.25, -0.2) is 0 Å². The van der Waals surface area contributed by atoms with Gasteiger partial charge in [-0.3, -0.25) is 0 Å². The molecular formula is C14H27NO2. The standard InChI is InChI=1S/C14H27NO2/c1-15(10-13-6-2-5-9-17-13)11-14(12-16)7-3-4-8-14/h13,16H,2-12H2,1H3. The SMILES string of the molecule is CN(CC1CCCCO1)CC1(CO)CCCC1. The molecule has 1 saturated carbocycles. The molecule has 0 radical (unpaired) electrons. The van der Waals surface area contributed by atoms with Gasteiger partial charge in [-0.1, -0.05) is 12.8 Å². The van der Waals surface area contributed by atoms with E-state index in [9.17, 15) is 5.11 Å². The highest BCUT2D eigenvalue weighted by atomic mass is 16.5. The van der Waals surface area contributed by atoms with E-state index in [0.717, 1.165) is 19.7 Å². The lowest BCUT2D eigenvalue weighted by molar-refractivity contribution is -0.0119. The van der Waals surface area contributed by atoms with E-state index >= 15 is 0 Å². The molecule has 0 aromatic carbocycles. The molecule has 0 aromatic heterocycles. The molecule has 1 aliphatic heterocycles. The topological polar surface area (TPSA) is 32.7 Å². The van der Waals surface area contributed by atoms with Crippen molar-refractivity contribution < 1.29 is 9.84 Å². The molecule has 2 fully saturated rings. The molecule has 3 heteroatoms. The van der Waals surface area contributed by atoms with Crippen molar-refractivity contribution in [3.8, 4) is 0 Å². The number of hydrogen-bond donors (Lipinski definition) is 1. The first-order valence-corrected chi connectivity index (χ1v) is 7.15. The van der Waals surface area contributed by atoms with Crippen molar-refractivity contribution in [1.82, 2.24) is 4.90 Å². The van der Waals surface area contributed by atoms with Gasteiger partial charge in [-0.05, 0) is 39.2 Å². The Morgan fingerprint density at radius 2 is 2.00 bits per heavy atom. The van der Waals surface area contributed by atoms with Crippen LogP contribution in [0.25, 0.3) is 0 Å². The molecule has 1 unspecified atom stereocenters. The lowest BCUT2D eigenvalue weighted by Gasteiger charge is -2.34. The third-order valence-electron chi connectivity index (χ3n) is 4.39. The van der Waals surface area contributed by atoms with Gasteiger partial charge in [0.2, 0.25) is 0 Å². The van der Waals surface area contributed by atoms with E-state index in [4.69, 9.17) is 4.74 Å². The predicted octanol–water partition coefficient (Wildman–Crippen LogP) is 2.04. The van der Waals surface area contributed by atoms with Crippen LogP contribution >= 0.6 is 0 Å². The third kappa shape index (κ3) is 3.67. The van der Waals surface area contributed by atoms with Crippen LogP contribution in [0.2, 0.25) is 0 Å². The van der Waals surface area contributed by atoms with E-state index in [1.807, 2.05) is 0 Å². The van der Waals surface area contributed by atoms with Crippen molar-refractivity contribution in [2.24, 2.45) is 5.41 Å². The summed E-state index contributed by atoms with van der Waals surface area (Å²) >= 11 is 0. The Hall–Kier alpha value is -0.120. The summed E-state index contributed by atoms with van der Waals surface area (Å²) in [6.07, 6.45) is 9.12. The van der Waals surface area contributed by atoms with Crippen molar-refractivity contribution in [3.63, 3.8) is 0 Å². The van der Waals surface area contributed by atoms with Gasteiger partial charge >= 0.3 is 0 Å². The van der Waals surface area contributed by atoms with Gasteiger partial charge in [-0.15, -0.1) is 0 Å². The second-order valence-electron chi connectivity index (χ2n) is 6.05. The van der Waals surface area contributed by atoms with E-state index in [1.54, 1.807) is 0 Å². The summed E-state index contributed by atoms with van der Waals surface area (Å²) in [5, 5.41) is 9.61. The van der Waals surface area contributed by atoms with Crippen molar-refractivity contribution in [3.05, 3.63) is 0 Å². The van der Waals surface area contributed by atoms with Gasteiger partial charge in [0, 0.05) is 31.7 Å². The van der Waals surface area contributed by atoms with Crippen LogP contribution in [0.1, 0.15) is 44.9 Å². The third-order valence-corrected chi connectivity index (χ3v) is 4.39. The molecule has 0 spiro atoms. The van der Waals surface area contributed by atoms with Crippen LogP contribution in [-0.2, 0) is 4.74 Å². The molecule has 3 nitrogen and oxygen atoms in total. The first kappa shape index (κ1) is 13.3. The quantitative estimate of drug-likeness (QED) is 0.799. The second-order valence-corrected chi connectivity index (χ2v) is 6.05. The van der Waals surface area contributed by atoms with Gasteiger partial charge < -0.3 is 14.7 Å². The van der Waals surface area contributed by atoms with Crippen molar-refractivity contribution in [2.75, 3.05) is 33.4 Å². The molecule has 0 amide bonds. The molecule has 1 atom stereocenters. The van der Waals surface area contributed by atoms with Gasteiger partial charge in [-0.2, -0.15) is 0 Å². The van der Waals surface area contributed by atoms with Crippen molar-refractivity contribution in [2.45, 2.75) is 51.0 Å². The molecular weight excluding hydrogens is 214 g/mol. The number of likely N-dealkylation sites (N-methyl/N-ethyl adjacent to an activating group) is 1. The zero-order chi connectivity index (χ0) is 12.1. The molecule has 2 aliphatic rings. The van der Waals surface area contributed by atoms with Gasteiger partial charge in [0.05, 0.1) is 6.10 Å². The van der Waals surface area contributed by atoms with Crippen LogP contribution in [0.4, 0.5) is 0 Å². The van der Waals surface area contributed by atoms with Crippen LogP contribution in [-0.4, -0.2) is 49.5 Å². The maximum Gasteiger partial charge on any atom is 0.0701 e. The number of aliphatic hydroxyl groups is 1. The van der Waals surface area contributed by atoms with Crippen LogP contribution < -0.4 is 0 Å². The number of aliphatic hydroxyl groups excluding tert-OH is 1. The maximum absolute atomic E-state index is 9.61. The predicted molar refractivity (Wildman–Crippen MR) is 69.1 cm³/mol. The molecule has 0 aromatic rings. The van der Waals surface area contributed by atoms with Crippen molar-refractivity contribution in [1.29, 1.82) is 0 Å². The minimum absolute atomic E-state index is 0.184. The fraction of sp³-hybridized carbons (Fsp3) is 1.00. The van der Waals surface area contributed by atoms with Crippen LogP contribution in [0.15, 0.2) is 0 Å². The Balaban J connectivity index is 1.77. The lowest BCUT2D eigenvalue weighted by atomic mass is 9.86. The number of hydrogen-bond acceptors (Lipinski definition) is 3. The Labute approximate surface area is 105 Å². The van der Waals surface area contributed by atoms with E-state index in [-0.39, 0.29) is 5.41 Å². The van der Waals surface area contributed by atoms with Crippen LogP contribution in [0.5, 0.6) is 0 Å². The van der Waals surface area contributed by atoms with Crippen LogP contribution in [0.3, 0.4) is 0 Å².